The van der Waals surface area contributed by atoms with E-state index >= 15 is 0 Å². The van der Waals surface area contributed by atoms with Crippen LogP contribution in [0.1, 0.15) is 11.4 Å². The molecule has 0 radical (unpaired) electrons. The van der Waals surface area contributed by atoms with Crippen LogP contribution in [0.2, 0.25) is 0 Å². The highest BCUT2D eigenvalue weighted by Gasteiger charge is 2.17. The molecule has 8 heteroatoms. The molecule has 0 fully saturated rings. The molecule has 0 atom stereocenters. The number of anilines is 1. The van der Waals surface area contributed by atoms with Crippen molar-refractivity contribution in [1.82, 2.24) is 14.8 Å². The Labute approximate surface area is 108 Å². The third-order valence-electron chi connectivity index (χ3n) is 2.56. The number of nitrogens with zero attached hydrogens (tertiary/aromatic N) is 4. The van der Waals surface area contributed by atoms with Crippen molar-refractivity contribution in [2.45, 2.75) is 13.5 Å². The summed E-state index contributed by atoms with van der Waals surface area (Å²) < 4.78 is 14.9. The fourth-order valence-electron chi connectivity index (χ4n) is 1.60. The van der Waals surface area contributed by atoms with Crippen LogP contribution >= 0.6 is 0 Å². The van der Waals surface area contributed by atoms with Crippen molar-refractivity contribution in [3.63, 3.8) is 0 Å². The van der Waals surface area contributed by atoms with Crippen LogP contribution in [0.3, 0.4) is 0 Å². The molecule has 0 unspecified atom stereocenters. The lowest BCUT2D eigenvalue weighted by Gasteiger charge is -2.06. The van der Waals surface area contributed by atoms with Crippen molar-refractivity contribution in [2.24, 2.45) is 7.05 Å². The molecule has 2 aromatic rings. The van der Waals surface area contributed by atoms with Gasteiger partial charge in [0.2, 0.25) is 0 Å². The Morgan fingerprint density at radius 1 is 1.53 bits per heavy atom. The monoisotopic (exact) mass is 265 g/mol. The van der Waals surface area contributed by atoms with Gasteiger partial charge in [0.1, 0.15) is 17.8 Å². The number of aromatic nitrogens is 3. The predicted molar refractivity (Wildman–Crippen MR) is 66.1 cm³/mol. The molecule has 0 aliphatic heterocycles. The van der Waals surface area contributed by atoms with Crippen LogP contribution in [0.5, 0.6) is 0 Å². The number of hydrogen-bond acceptors (Lipinski definition) is 5. The largest absolute Gasteiger partial charge is 0.372 e. The molecule has 0 saturated carbocycles. The first kappa shape index (κ1) is 12.9. The minimum atomic E-state index is -0.628. The normalized spacial score (nSPS) is 10.5. The Balaban J connectivity index is 2.23. The number of rotatable bonds is 4. The van der Waals surface area contributed by atoms with Gasteiger partial charge < -0.3 is 5.32 Å². The first-order chi connectivity index (χ1) is 8.97. The highest BCUT2D eigenvalue weighted by Crippen LogP contribution is 2.27. The Bertz CT molecular complexity index is 626. The van der Waals surface area contributed by atoms with Gasteiger partial charge >= 0.3 is 0 Å². The highest BCUT2D eigenvalue weighted by atomic mass is 19.1. The second-order valence-electron chi connectivity index (χ2n) is 4.06. The van der Waals surface area contributed by atoms with E-state index in [9.17, 15) is 14.5 Å². The van der Waals surface area contributed by atoms with E-state index in [1.54, 1.807) is 14.0 Å². The maximum Gasteiger partial charge on any atom is 0.295 e. The van der Waals surface area contributed by atoms with E-state index in [0.29, 0.717) is 11.4 Å². The molecule has 1 heterocycles. The number of aryl methyl sites for hydroxylation is 2. The van der Waals surface area contributed by atoms with Crippen LogP contribution in [0.15, 0.2) is 18.5 Å². The van der Waals surface area contributed by atoms with Gasteiger partial charge in [0.05, 0.1) is 17.5 Å². The molecule has 100 valence electrons. The van der Waals surface area contributed by atoms with Gasteiger partial charge in [-0.05, 0) is 18.6 Å². The molecule has 0 saturated heterocycles. The molecule has 19 heavy (non-hydrogen) atoms. The zero-order valence-electron chi connectivity index (χ0n) is 10.4. The zero-order valence-corrected chi connectivity index (χ0v) is 10.4. The quantitative estimate of drug-likeness (QED) is 0.672. The van der Waals surface area contributed by atoms with E-state index in [2.05, 4.69) is 15.4 Å². The van der Waals surface area contributed by atoms with Gasteiger partial charge in [-0.2, -0.15) is 5.10 Å². The lowest BCUT2D eigenvalue weighted by molar-refractivity contribution is -0.384. The summed E-state index contributed by atoms with van der Waals surface area (Å²) in [5.74, 6) is -0.105. The summed E-state index contributed by atoms with van der Waals surface area (Å²) in [4.78, 5) is 14.2. The van der Waals surface area contributed by atoms with Crippen molar-refractivity contribution in [2.75, 3.05) is 5.32 Å². The van der Waals surface area contributed by atoms with E-state index in [4.69, 9.17) is 0 Å². The predicted octanol–water partition coefficient (Wildman–Crippen LogP) is 1.78. The second-order valence-corrected chi connectivity index (χ2v) is 4.06. The van der Waals surface area contributed by atoms with Gasteiger partial charge in [-0.15, -0.1) is 0 Å². The Hall–Kier alpha value is -2.51. The molecule has 7 nitrogen and oxygen atoms in total. The molecule has 0 aliphatic rings. The van der Waals surface area contributed by atoms with Crippen LogP contribution in [0, 0.1) is 22.9 Å². The van der Waals surface area contributed by atoms with E-state index in [1.165, 1.54) is 17.1 Å². The van der Waals surface area contributed by atoms with Crippen molar-refractivity contribution < 1.29 is 9.31 Å². The number of nitro benzene ring substituents is 1. The van der Waals surface area contributed by atoms with Crippen LogP contribution in [0.25, 0.3) is 0 Å². The average molecular weight is 265 g/mol. The third kappa shape index (κ3) is 2.84. The fraction of sp³-hybridized carbons (Fsp3) is 0.273. The molecule has 1 aromatic carbocycles. The molecule has 0 bridgehead atoms. The molecule has 1 aromatic heterocycles. The topological polar surface area (TPSA) is 85.9 Å². The van der Waals surface area contributed by atoms with Crippen molar-refractivity contribution in [3.05, 3.63) is 45.8 Å². The Morgan fingerprint density at radius 2 is 2.26 bits per heavy atom. The molecule has 0 aliphatic carbocycles. The minimum Gasteiger partial charge on any atom is -0.372 e. The maximum absolute atomic E-state index is 13.3. The van der Waals surface area contributed by atoms with E-state index in [-0.39, 0.29) is 17.9 Å². The van der Waals surface area contributed by atoms with Crippen LogP contribution < -0.4 is 5.32 Å². The zero-order chi connectivity index (χ0) is 14.0. The van der Waals surface area contributed by atoms with E-state index in [0.717, 1.165) is 6.07 Å². The molecular formula is C11H12FN5O2. The van der Waals surface area contributed by atoms with Gasteiger partial charge in [-0.3, -0.25) is 14.8 Å². The number of benzene rings is 1. The summed E-state index contributed by atoms with van der Waals surface area (Å²) in [5, 5.41) is 17.7. The van der Waals surface area contributed by atoms with E-state index < -0.39 is 10.7 Å². The Kier molecular flexibility index (Phi) is 3.41. The third-order valence-corrected chi connectivity index (χ3v) is 2.56. The smallest absolute Gasteiger partial charge is 0.295 e. The van der Waals surface area contributed by atoms with Gasteiger partial charge in [0.15, 0.2) is 5.82 Å². The number of nitrogens with one attached hydrogen (secondary N) is 1. The van der Waals surface area contributed by atoms with Gasteiger partial charge in [0, 0.05) is 7.05 Å². The highest BCUT2D eigenvalue weighted by molar-refractivity contribution is 5.63. The molecule has 1 N–H and O–H groups in total. The SMILES string of the molecule is Cc1cc(NCc2ncn(C)n2)c([N+](=O)[O-])cc1F. The minimum absolute atomic E-state index is 0.229. The average Bonchev–Trinajstić information content (AvgIpc) is 2.76. The maximum atomic E-state index is 13.3. The van der Waals surface area contributed by atoms with Gasteiger partial charge in [-0.25, -0.2) is 9.37 Å². The lowest BCUT2D eigenvalue weighted by atomic mass is 10.2. The first-order valence-corrected chi connectivity index (χ1v) is 5.50. The number of halogens is 1. The lowest BCUT2D eigenvalue weighted by Crippen LogP contribution is -2.05. The van der Waals surface area contributed by atoms with Crippen molar-refractivity contribution >= 4 is 11.4 Å². The molecular weight excluding hydrogens is 253 g/mol. The van der Waals surface area contributed by atoms with Gasteiger partial charge in [0.25, 0.3) is 5.69 Å². The molecule has 2 rings (SSSR count). The standard InChI is InChI=1S/C11H12FN5O2/c1-7-3-9(10(17(18)19)4-8(7)12)13-5-11-14-6-16(2)15-11/h3-4,6,13H,5H2,1-2H3. The number of nitro groups is 1. The van der Waals surface area contributed by atoms with Gasteiger partial charge in [-0.1, -0.05) is 0 Å². The molecule has 0 spiro atoms. The van der Waals surface area contributed by atoms with Crippen LogP contribution in [-0.4, -0.2) is 19.7 Å². The van der Waals surface area contributed by atoms with E-state index in [1.807, 2.05) is 0 Å². The summed E-state index contributed by atoms with van der Waals surface area (Å²) in [6.45, 7) is 1.77. The number of hydrogen-bond donors (Lipinski definition) is 1. The Morgan fingerprint density at radius 3 is 2.84 bits per heavy atom. The summed E-state index contributed by atoms with van der Waals surface area (Å²) in [6.07, 6.45) is 1.53. The fourth-order valence-corrected chi connectivity index (χ4v) is 1.60. The summed E-state index contributed by atoms with van der Waals surface area (Å²) in [6, 6.07) is 2.31. The second kappa shape index (κ2) is 5.01. The van der Waals surface area contributed by atoms with Crippen LogP contribution in [0.4, 0.5) is 15.8 Å². The summed E-state index contributed by atoms with van der Waals surface area (Å²) in [7, 11) is 1.72. The van der Waals surface area contributed by atoms with Crippen LogP contribution in [-0.2, 0) is 13.6 Å². The summed E-state index contributed by atoms with van der Waals surface area (Å²) in [5.41, 5.74) is 0.275. The van der Waals surface area contributed by atoms with Crippen molar-refractivity contribution in [3.8, 4) is 0 Å². The molecule has 0 amide bonds. The first-order valence-electron chi connectivity index (χ1n) is 5.50. The summed E-state index contributed by atoms with van der Waals surface area (Å²) >= 11 is 0. The van der Waals surface area contributed by atoms with Crippen molar-refractivity contribution in [1.29, 1.82) is 0 Å².